The molecule has 0 saturated carbocycles. The zero-order valence-corrected chi connectivity index (χ0v) is 9.73. The van der Waals surface area contributed by atoms with Crippen LogP contribution in [0.4, 0.5) is 5.69 Å². The van der Waals surface area contributed by atoms with Crippen LogP contribution >= 0.6 is 0 Å². The number of hydrogen-bond acceptors (Lipinski definition) is 2. The molecule has 3 heteroatoms. The number of rotatable bonds is 3. The van der Waals surface area contributed by atoms with Crippen LogP contribution in [0, 0.1) is 0 Å². The van der Waals surface area contributed by atoms with Gasteiger partial charge in [-0.1, -0.05) is 32.0 Å². The molecular weight excluding hydrogens is 202 g/mol. The minimum atomic E-state index is -0.734. The van der Waals surface area contributed by atoms with Crippen molar-refractivity contribution in [1.29, 1.82) is 0 Å². The summed E-state index contributed by atoms with van der Waals surface area (Å²) < 4.78 is 0. The second-order valence-electron chi connectivity index (χ2n) is 4.97. The second kappa shape index (κ2) is 3.81. The van der Waals surface area contributed by atoms with Gasteiger partial charge in [0.05, 0.1) is 6.42 Å². The van der Waals surface area contributed by atoms with E-state index in [4.69, 9.17) is 5.11 Å². The summed E-state index contributed by atoms with van der Waals surface area (Å²) in [5.41, 5.74) is 2.63. The lowest BCUT2D eigenvalue weighted by atomic mass is 9.87. The summed E-state index contributed by atoms with van der Waals surface area (Å²) in [5, 5.41) is 8.73. The van der Waals surface area contributed by atoms with Gasteiger partial charge in [-0.15, -0.1) is 0 Å². The molecule has 16 heavy (non-hydrogen) atoms. The summed E-state index contributed by atoms with van der Waals surface area (Å²) >= 11 is 0. The minimum Gasteiger partial charge on any atom is -0.481 e. The number of fused-ring (bicyclic) bond motifs is 1. The molecule has 0 fully saturated rings. The quantitative estimate of drug-likeness (QED) is 0.847. The van der Waals surface area contributed by atoms with Crippen molar-refractivity contribution in [3.05, 3.63) is 29.8 Å². The third-order valence-electron chi connectivity index (χ3n) is 3.16. The number of carbonyl (C=O) groups is 1. The Morgan fingerprint density at radius 3 is 2.81 bits per heavy atom. The van der Waals surface area contributed by atoms with E-state index in [1.807, 2.05) is 12.1 Å². The Bertz CT molecular complexity index is 412. The maximum Gasteiger partial charge on any atom is 0.305 e. The van der Waals surface area contributed by atoms with Crippen LogP contribution in [0.15, 0.2) is 24.3 Å². The summed E-state index contributed by atoms with van der Waals surface area (Å²) in [6.45, 7) is 5.90. The van der Waals surface area contributed by atoms with Crippen molar-refractivity contribution >= 4 is 11.7 Å². The monoisotopic (exact) mass is 219 g/mol. The van der Waals surface area contributed by atoms with Crippen LogP contribution in [0.2, 0.25) is 0 Å². The first-order valence-corrected chi connectivity index (χ1v) is 5.57. The molecule has 0 aliphatic carbocycles. The lowest BCUT2D eigenvalue weighted by Gasteiger charge is -2.21. The van der Waals surface area contributed by atoms with Gasteiger partial charge in [-0.3, -0.25) is 4.79 Å². The Morgan fingerprint density at radius 2 is 2.12 bits per heavy atom. The lowest BCUT2D eigenvalue weighted by Crippen LogP contribution is -2.30. The van der Waals surface area contributed by atoms with Gasteiger partial charge in [0, 0.05) is 24.2 Å². The van der Waals surface area contributed by atoms with E-state index in [1.54, 1.807) is 0 Å². The fourth-order valence-electron chi connectivity index (χ4n) is 2.40. The molecule has 1 aliphatic heterocycles. The van der Waals surface area contributed by atoms with Crippen molar-refractivity contribution in [3.63, 3.8) is 0 Å². The van der Waals surface area contributed by atoms with Crippen molar-refractivity contribution < 1.29 is 9.90 Å². The van der Waals surface area contributed by atoms with Crippen molar-refractivity contribution in [2.45, 2.75) is 25.7 Å². The maximum absolute atomic E-state index is 10.6. The van der Waals surface area contributed by atoms with Gasteiger partial charge < -0.3 is 10.0 Å². The van der Waals surface area contributed by atoms with Gasteiger partial charge >= 0.3 is 5.97 Å². The predicted octanol–water partition coefficient (Wildman–Crippen LogP) is 2.26. The van der Waals surface area contributed by atoms with E-state index in [-0.39, 0.29) is 11.8 Å². The average molecular weight is 219 g/mol. The largest absolute Gasteiger partial charge is 0.481 e. The molecule has 0 radical (unpaired) electrons. The molecule has 1 aromatic carbocycles. The van der Waals surface area contributed by atoms with E-state index in [1.165, 1.54) is 11.3 Å². The van der Waals surface area contributed by atoms with Crippen molar-refractivity contribution in [2.75, 3.05) is 18.0 Å². The maximum atomic E-state index is 10.6. The Labute approximate surface area is 95.7 Å². The number of nitrogens with zero attached hydrogens (tertiary/aromatic N) is 1. The molecule has 2 rings (SSSR count). The zero-order valence-electron chi connectivity index (χ0n) is 9.73. The van der Waals surface area contributed by atoms with E-state index in [9.17, 15) is 4.79 Å². The lowest BCUT2D eigenvalue weighted by molar-refractivity contribution is -0.136. The Morgan fingerprint density at radius 1 is 1.44 bits per heavy atom. The first-order chi connectivity index (χ1) is 7.50. The molecule has 1 aliphatic rings. The van der Waals surface area contributed by atoms with E-state index in [0.29, 0.717) is 6.54 Å². The van der Waals surface area contributed by atoms with Crippen molar-refractivity contribution in [3.8, 4) is 0 Å². The van der Waals surface area contributed by atoms with Gasteiger partial charge in [0.2, 0.25) is 0 Å². The highest BCUT2D eigenvalue weighted by Gasteiger charge is 2.34. The van der Waals surface area contributed by atoms with Crippen LogP contribution in [0.5, 0.6) is 0 Å². The predicted molar refractivity (Wildman–Crippen MR) is 63.9 cm³/mol. The number of benzene rings is 1. The second-order valence-corrected chi connectivity index (χ2v) is 4.97. The molecule has 1 heterocycles. The highest BCUT2D eigenvalue weighted by Crippen LogP contribution is 2.39. The van der Waals surface area contributed by atoms with Crippen LogP contribution in [0.1, 0.15) is 25.8 Å². The number of aliphatic carboxylic acids is 1. The van der Waals surface area contributed by atoms with E-state index >= 15 is 0 Å². The molecular formula is C13H17NO2. The number of para-hydroxylation sites is 1. The molecule has 0 spiro atoms. The van der Waals surface area contributed by atoms with Crippen LogP contribution in [0.25, 0.3) is 0 Å². The topological polar surface area (TPSA) is 40.5 Å². The molecule has 0 amide bonds. The Hall–Kier alpha value is -1.51. The highest BCUT2D eigenvalue weighted by molar-refractivity contribution is 5.69. The number of hydrogen-bond donors (Lipinski definition) is 1. The van der Waals surface area contributed by atoms with Gasteiger partial charge in [-0.05, 0) is 11.6 Å². The molecule has 1 N–H and O–H groups in total. The summed E-state index contributed by atoms with van der Waals surface area (Å²) in [5.74, 6) is -0.734. The molecule has 1 aromatic rings. The highest BCUT2D eigenvalue weighted by atomic mass is 16.4. The van der Waals surface area contributed by atoms with Crippen LogP contribution < -0.4 is 4.90 Å². The summed E-state index contributed by atoms with van der Waals surface area (Å²) in [6.07, 6.45) is 0.199. The first kappa shape index (κ1) is 11.0. The van der Waals surface area contributed by atoms with Gasteiger partial charge in [0.25, 0.3) is 0 Å². The Balaban J connectivity index is 2.23. The normalized spacial score (nSPS) is 17.2. The third kappa shape index (κ3) is 1.90. The summed E-state index contributed by atoms with van der Waals surface area (Å²) in [7, 11) is 0. The average Bonchev–Trinajstić information content (AvgIpc) is 2.49. The molecule has 3 nitrogen and oxygen atoms in total. The summed E-state index contributed by atoms with van der Waals surface area (Å²) in [6, 6.07) is 8.26. The fraction of sp³-hybridized carbons (Fsp3) is 0.462. The molecule has 0 saturated heterocycles. The van der Waals surface area contributed by atoms with Crippen LogP contribution in [-0.2, 0) is 10.2 Å². The SMILES string of the molecule is CC1(C)CN(CCC(=O)O)c2ccccc21. The van der Waals surface area contributed by atoms with Crippen LogP contribution in [0.3, 0.4) is 0 Å². The van der Waals surface area contributed by atoms with Crippen LogP contribution in [-0.4, -0.2) is 24.2 Å². The molecule has 0 bridgehead atoms. The smallest absolute Gasteiger partial charge is 0.305 e. The van der Waals surface area contributed by atoms with Gasteiger partial charge in [0.1, 0.15) is 0 Å². The van der Waals surface area contributed by atoms with Crippen molar-refractivity contribution in [2.24, 2.45) is 0 Å². The van der Waals surface area contributed by atoms with Gasteiger partial charge in [0.15, 0.2) is 0 Å². The van der Waals surface area contributed by atoms with Gasteiger partial charge in [-0.25, -0.2) is 0 Å². The molecule has 0 unspecified atom stereocenters. The summed E-state index contributed by atoms with van der Waals surface area (Å²) in [4.78, 5) is 12.8. The van der Waals surface area contributed by atoms with E-state index in [0.717, 1.165) is 6.54 Å². The van der Waals surface area contributed by atoms with E-state index in [2.05, 4.69) is 30.9 Å². The molecule has 0 atom stereocenters. The van der Waals surface area contributed by atoms with E-state index < -0.39 is 5.97 Å². The number of carboxylic acid groups (broad SMARTS) is 1. The van der Waals surface area contributed by atoms with Crippen molar-refractivity contribution in [1.82, 2.24) is 0 Å². The van der Waals surface area contributed by atoms with Gasteiger partial charge in [-0.2, -0.15) is 0 Å². The fourth-order valence-corrected chi connectivity index (χ4v) is 2.40. The molecule has 0 aromatic heterocycles. The zero-order chi connectivity index (χ0) is 11.8. The molecule has 86 valence electrons. The minimum absolute atomic E-state index is 0.120. The Kier molecular flexibility index (Phi) is 2.62. The first-order valence-electron chi connectivity index (χ1n) is 5.57. The number of anilines is 1. The third-order valence-corrected chi connectivity index (χ3v) is 3.16. The number of carboxylic acids is 1. The standard InChI is InChI=1S/C13H17NO2/c1-13(2)9-14(8-7-12(15)16)11-6-4-3-5-10(11)13/h3-6H,7-9H2,1-2H3,(H,15,16).